The molecule has 0 fully saturated rings. The smallest absolute Gasteiger partial charge is 0.213 e. The van der Waals surface area contributed by atoms with Crippen LogP contribution in [-0.2, 0) is 5.75 Å². The van der Waals surface area contributed by atoms with Crippen molar-refractivity contribution < 1.29 is 8.78 Å². The van der Waals surface area contributed by atoms with E-state index < -0.39 is 5.95 Å². The molecule has 0 spiro atoms. The zero-order valence-electron chi connectivity index (χ0n) is 14.2. The SMILES string of the molecule is Fc1ccc(-c2nc(SCc3ccccc3)[nH]c2-c2ccnc(F)c2)cc1. The third kappa shape index (κ3) is 4.06. The maximum atomic E-state index is 13.6. The van der Waals surface area contributed by atoms with Crippen molar-refractivity contribution >= 4 is 11.8 Å². The molecule has 0 aliphatic carbocycles. The molecule has 0 unspecified atom stereocenters. The summed E-state index contributed by atoms with van der Waals surface area (Å²) in [5, 5.41) is 0.713. The van der Waals surface area contributed by atoms with Crippen molar-refractivity contribution in [3.8, 4) is 22.5 Å². The minimum Gasteiger partial charge on any atom is -0.332 e. The van der Waals surface area contributed by atoms with Crippen molar-refractivity contribution in [2.75, 3.05) is 0 Å². The molecule has 0 radical (unpaired) electrons. The lowest BCUT2D eigenvalue weighted by atomic mass is 10.1. The number of H-pyrrole nitrogens is 1. The number of rotatable bonds is 5. The van der Waals surface area contributed by atoms with Crippen LogP contribution in [0.4, 0.5) is 8.78 Å². The Labute approximate surface area is 159 Å². The summed E-state index contributed by atoms with van der Waals surface area (Å²) >= 11 is 1.56. The van der Waals surface area contributed by atoms with Crippen LogP contribution in [0, 0.1) is 11.8 Å². The number of hydrogen-bond donors (Lipinski definition) is 1. The van der Waals surface area contributed by atoms with E-state index >= 15 is 0 Å². The van der Waals surface area contributed by atoms with Crippen molar-refractivity contribution in [3.63, 3.8) is 0 Å². The number of aromatic nitrogens is 3. The van der Waals surface area contributed by atoms with Gasteiger partial charge in [0.2, 0.25) is 5.95 Å². The summed E-state index contributed by atoms with van der Waals surface area (Å²) in [6.45, 7) is 0. The van der Waals surface area contributed by atoms with Crippen molar-refractivity contribution in [1.82, 2.24) is 15.0 Å². The first-order valence-corrected chi connectivity index (χ1v) is 9.32. The van der Waals surface area contributed by atoms with Gasteiger partial charge >= 0.3 is 0 Å². The Morgan fingerprint density at radius 2 is 1.67 bits per heavy atom. The highest BCUT2D eigenvalue weighted by molar-refractivity contribution is 7.98. The highest BCUT2D eigenvalue weighted by atomic mass is 32.2. The summed E-state index contributed by atoms with van der Waals surface area (Å²) in [6.07, 6.45) is 1.41. The van der Waals surface area contributed by atoms with E-state index in [-0.39, 0.29) is 5.82 Å². The molecule has 2 aromatic carbocycles. The molecule has 0 saturated carbocycles. The van der Waals surface area contributed by atoms with Gasteiger partial charge in [-0.1, -0.05) is 42.1 Å². The molecule has 0 aliphatic rings. The summed E-state index contributed by atoms with van der Waals surface area (Å²) in [6, 6.07) is 19.2. The average molecular weight is 379 g/mol. The number of pyridine rings is 1. The first-order chi connectivity index (χ1) is 13.2. The second-order valence-electron chi connectivity index (χ2n) is 5.91. The highest BCUT2D eigenvalue weighted by Crippen LogP contribution is 2.33. The molecule has 0 atom stereocenters. The van der Waals surface area contributed by atoms with Crippen LogP contribution in [-0.4, -0.2) is 15.0 Å². The maximum Gasteiger partial charge on any atom is 0.213 e. The van der Waals surface area contributed by atoms with Gasteiger partial charge in [-0.2, -0.15) is 4.39 Å². The standard InChI is InChI=1S/C21H15F2N3S/c22-17-8-6-15(7-9-17)19-20(16-10-11-24-18(23)12-16)26-21(25-19)27-13-14-4-2-1-3-5-14/h1-12H,13H2,(H,25,26). The number of halogens is 2. The molecule has 2 aromatic heterocycles. The second kappa shape index (κ2) is 7.72. The van der Waals surface area contributed by atoms with Gasteiger partial charge in [-0.25, -0.2) is 14.4 Å². The molecular weight excluding hydrogens is 364 g/mol. The highest BCUT2D eigenvalue weighted by Gasteiger charge is 2.15. The van der Waals surface area contributed by atoms with Crippen LogP contribution in [0.5, 0.6) is 0 Å². The Bertz CT molecular complexity index is 1050. The largest absolute Gasteiger partial charge is 0.332 e. The van der Waals surface area contributed by atoms with Gasteiger partial charge in [-0.05, 0) is 35.9 Å². The number of benzene rings is 2. The lowest BCUT2D eigenvalue weighted by Gasteiger charge is -2.03. The van der Waals surface area contributed by atoms with Crippen molar-refractivity contribution in [1.29, 1.82) is 0 Å². The maximum absolute atomic E-state index is 13.6. The molecule has 6 heteroatoms. The molecule has 4 rings (SSSR count). The third-order valence-corrected chi connectivity index (χ3v) is 4.98. The number of thioether (sulfide) groups is 1. The summed E-state index contributed by atoms with van der Waals surface area (Å²) in [5.41, 5.74) is 3.90. The lowest BCUT2D eigenvalue weighted by Crippen LogP contribution is -1.87. The molecule has 2 heterocycles. The van der Waals surface area contributed by atoms with Crippen LogP contribution in [0.1, 0.15) is 5.56 Å². The predicted molar refractivity (Wildman–Crippen MR) is 103 cm³/mol. The van der Waals surface area contributed by atoms with Gasteiger partial charge < -0.3 is 4.98 Å². The van der Waals surface area contributed by atoms with Crippen LogP contribution in [0.15, 0.2) is 78.1 Å². The molecule has 27 heavy (non-hydrogen) atoms. The zero-order chi connectivity index (χ0) is 18.6. The van der Waals surface area contributed by atoms with Gasteiger partial charge in [0.05, 0.1) is 11.4 Å². The Balaban J connectivity index is 1.71. The van der Waals surface area contributed by atoms with Crippen LogP contribution in [0.2, 0.25) is 0 Å². The van der Waals surface area contributed by atoms with Gasteiger partial charge in [-0.15, -0.1) is 0 Å². The molecule has 1 N–H and O–H groups in total. The van der Waals surface area contributed by atoms with E-state index in [4.69, 9.17) is 0 Å². The zero-order valence-corrected chi connectivity index (χ0v) is 15.0. The predicted octanol–water partition coefficient (Wildman–Crippen LogP) is 5.71. The summed E-state index contributed by atoms with van der Waals surface area (Å²) in [4.78, 5) is 11.6. The fourth-order valence-corrected chi connectivity index (χ4v) is 3.56. The van der Waals surface area contributed by atoms with Gasteiger partial charge in [0.25, 0.3) is 0 Å². The summed E-state index contributed by atoms with van der Waals surface area (Å²) in [5.74, 6) is -0.128. The second-order valence-corrected chi connectivity index (χ2v) is 6.88. The molecule has 3 nitrogen and oxygen atoms in total. The minimum atomic E-state index is -0.564. The van der Waals surface area contributed by atoms with Gasteiger partial charge in [0.15, 0.2) is 5.16 Å². The lowest BCUT2D eigenvalue weighted by molar-refractivity contribution is 0.584. The Hall–Kier alpha value is -2.99. The number of nitrogens with one attached hydrogen (secondary N) is 1. The van der Waals surface area contributed by atoms with E-state index in [1.54, 1.807) is 30.0 Å². The van der Waals surface area contributed by atoms with E-state index in [0.29, 0.717) is 22.1 Å². The Morgan fingerprint density at radius 3 is 2.41 bits per heavy atom. The van der Waals surface area contributed by atoms with Crippen molar-refractivity contribution in [3.05, 3.63) is 90.3 Å². The Morgan fingerprint density at radius 1 is 0.889 bits per heavy atom. The normalized spacial score (nSPS) is 10.9. The number of imidazole rings is 1. The average Bonchev–Trinajstić information content (AvgIpc) is 3.12. The van der Waals surface area contributed by atoms with E-state index in [9.17, 15) is 8.78 Å². The molecule has 0 bridgehead atoms. The molecular formula is C21H15F2N3S. The number of hydrogen-bond acceptors (Lipinski definition) is 3. The third-order valence-electron chi connectivity index (χ3n) is 4.03. The topological polar surface area (TPSA) is 41.6 Å². The van der Waals surface area contributed by atoms with Crippen molar-refractivity contribution in [2.45, 2.75) is 10.9 Å². The van der Waals surface area contributed by atoms with E-state index in [0.717, 1.165) is 11.3 Å². The molecule has 0 saturated heterocycles. The number of nitrogens with zero attached hydrogens (tertiary/aromatic N) is 2. The van der Waals surface area contributed by atoms with E-state index in [1.165, 1.54) is 30.0 Å². The van der Waals surface area contributed by atoms with Gasteiger partial charge in [0, 0.05) is 29.1 Å². The first kappa shape index (κ1) is 17.4. The fourth-order valence-electron chi connectivity index (χ4n) is 2.73. The van der Waals surface area contributed by atoms with E-state index in [2.05, 4.69) is 27.1 Å². The minimum absolute atomic E-state index is 0.315. The molecule has 0 amide bonds. The fraction of sp³-hybridized carbons (Fsp3) is 0.0476. The van der Waals surface area contributed by atoms with Crippen LogP contribution >= 0.6 is 11.8 Å². The van der Waals surface area contributed by atoms with E-state index in [1.807, 2.05) is 18.2 Å². The van der Waals surface area contributed by atoms with Crippen LogP contribution < -0.4 is 0 Å². The summed E-state index contributed by atoms with van der Waals surface area (Å²) < 4.78 is 26.9. The van der Waals surface area contributed by atoms with Gasteiger partial charge in [-0.3, -0.25) is 0 Å². The summed E-state index contributed by atoms with van der Waals surface area (Å²) in [7, 11) is 0. The molecule has 0 aliphatic heterocycles. The monoisotopic (exact) mass is 379 g/mol. The van der Waals surface area contributed by atoms with Crippen molar-refractivity contribution in [2.24, 2.45) is 0 Å². The molecule has 134 valence electrons. The number of aromatic amines is 1. The van der Waals surface area contributed by atoms with Crippen LogP contribution in [0.25, 0.3) is 22.5 Å². The first-order valence-electron chi connectivity index (χ1n) is 8.33. The van der Waals surface area contributed by atoms with Crippen LogP contribution in [0.3, 0.4) is 0 Å². The van der Waals surface area contributed by atoms with Gasteiger partial charge in [0.1, 0.15) is 5.82 Å². The molecule has 4 aromatic rings. The quantitative estimate of drug-likeness (QED) is 0.357. The Kier molecular flexibility index (Phi) is 4.98.